The van der Waals surface area contributed by atoms with Crippen LogP contribution in [0.1, 0.15) is 22.8 Å². The highest BCUT2D eigenvalue weighted by Gasteiger charge is 2.23. The van der Waals surface area contributed by atoms with E-state index in [4.69, 9.17) is 4.74 Å². The SMILES string of the molecule is CCOC(=O)c1ccc(C)c(N(C)S(=O)(=O)c2ccccc2)c1. The zero-order valence-electron chi connectivity index (χ0n) is 13.3. The monoisotopic (exact) mass is 333 g/mol. The predicted molar refractivity (Wildman–Crippen MR) is 89.2 cm³/mol. The first-order chi connectivity index (χ1) is 10.9. The molecule has 0 amide bonds. The number of nitrogens with zero attached hydrogens (tertiary/aromatic N) is 1. The second-order valence-electron chi connectivity index (χ2n) is 5.01. The van der Waals surface area contributed by atoms with Gasteiger partial charge in [0.25, 0.3) is 10.0 Å². The summed E-state index contributed by atoms with van der Waals surface area (Å²) in [5, 5.41) is 0. The van der Waals surface area contributed by atoms with Crippen LogP contribution in [-0.4, -0.2) is 28.0 Å². The van der Waals surface area contributed by atoms with E-state index in [0.29, 0.717) is 11.3 Å². The molecule has 0 atom stereocenters. The van der Waals surface area contributed by atoms with Crippen molar-refractivity contribution in [3.8, 4) is 0 Å². The van der Waals surface area contributed by atoms with Gasteiger partial charge in [-0.15, -0.1) is 0 Å². The number of hydrogen-bond acceptors (Lipinski definition) is 4. The number of benzene rings is 2. The molecule has 0 spiro atoms. The molecular weight excluding hydrogens is 314 g/mol. The van der Waals surface area contributed by atoms with E-state index in [-0.39, 0.29) is 11.5 Å². The number of carbonyl (C=O) groups is 1. The van der Waals surface area contributed by atoms with Gasteiger partial charge in [0.1, 0.15) is 0 Å². The molecule has 2 aromatic carbocycles. The highest BCUT2D eigenvalue weighted by Crippen LogP contribution is 2.26. The molecule has 0 aliphatic heterocycles. The van der Waals surface area contributed by atoms with Gasteiger partial charge < -0.3 is 4.74 Å². The number of esters is 1. The van der Waals surface area contributed by atoms with E-state index in [0.717, 1.165) is 5.56 Å². The van der Waals surface area contributed by atoms with Crippen LogP contribution >= 0.6 is 0 Å². The minimum absolute atomic E-state index is 0.198. The molecule has 0 fully saturated rings. The van der Waals surface area contributed by atoms with E-state index < -0.39 is 16.0 Å². The molecule has 0 saturated carbocycles. The van der Waals surface area contributed by atoms with Gasteiger partial charge in [-0.25, -0.2) is 13.2 Å². The number of hydrogen-bond donors (Lipinski definition) is 0. The third kappa shape index (κ3) is 3.53. The third-order valence-corrected chi connectivity index (χ3v) is 5.25. The van der Waals surface area contributed by atoms with E-state index in [2.05, 4.69) is 0 Å². The summed E-state index contributed by atoms with van der Waals surface area (Å²) < 4.78 is 31.5. The summed E-state index contributed by atoms with van der Waals surface area (Å²) in [4.78, 5) is 12.1. The number of rotatable bonds is 5. The molecule has 0 N–H and O–H groups in total. The van der Waals surface area contributed by atoms with Crippen LogP contribution in [0.25, 0.3) is 0 Å². The topological polar surface area (TPSA) is 63.7 Å². The van der Waals surface area contributed by atoms with Crippen molar-refractivity contribution >= 4 is 21.7 Å². The van der Waals surface area contributed by atoms with Crippen LogP contribution in [0.15, 0.2) is 53.4 Å². The molecule has 0 aliphatic carbocycles. The molecule has 6 heteroatoms. The van der Waals surface area contributed by atoms with Gasteiger partial charge in [0, 0.05) is 7.05 Å². The van der Waals surface area contributed by atoms with Crippen molar-refractivity contribution < 1.29 is 17.9 Å². The maximum absolute atomic E-state index is 12.7. The van der Waals surface area contributed by atoms with Crippen molar-refractivity contribution in [3.05, 3.63) is 59.7 Å². The number of carbonyl (C=O) groups excluding carboxylic acids is 1. The Balaban J connectivity index is 2.45. The van der Waals surface area contributed by atoms with Gasteiger partial charge in [-0.05, 0) is 43.7 Å². The fourth-order valence-corrected chi connectivity index (χ4v) is 3.44. The van der Waals surface area contributed by atoms with Crippen molar-refractivity contribution in [2.24, 2.45) is 0 Å². The highest BCUT2D eigenvalue weighted by atomic mass is 32.2. The average Bonchev–Trinajstić information content (AvgIpc) is 2.55. The van der Waals surface area contributed by atoms with Gasteiger partial charge in [0.05, 0.1) is 22.8 Å². The van der Waals surface area contributed by atoms with Crippen LogP contribution in [0, 0.1) is 6.92 Å². The summed E-state index contributed by atoms with van der Waals surface area (Å²) in [6, 6.07) is 13.0. The average molecular weight is 333 g/mol. The lowest BCUT2D eigenvalue weighted by molar-refractivity contribution is 0.0526. The first kappa shape index (κ1) is 17.0. The smallest absolute Gasteiger partial charge is 0.338 e. The maximum atomic E-state index is 12.7. The molecule has 0 radical (unpaired) electrons. The molecule has 2 rings (SSSR count). The van der Waals surface area contributed by atoms with Gasteiger partial charge in [-0.2, -0.15) is 0 Å². The van der Waals surface area contributed by atoms with Gasteiger partial charge in [-0.3, -0.25) is 4.31 Å². The number of sulfonamides is 1. The summed E-state index contributed by atoms with van der Waals surface area (Å²) in [6.45, 7) is 3.78. The van der Waals surface area contributed by atoms with Crippen LogP contribution in [0.2, 0.25) is 0 Å². The molecule has 0 bridgehead atoms. The first-order valence-corrected chi connectivity index (χ1v) is 8.63. The fraction of sp³-hybridized carbons (Fsp3) is 0.235. The molecule has 0 aromatic heterocycles. The minimum atomic E-state index is -3.69. The summed E-state index contributed by atoms with van der Waals surface area (Å²) >= 11 is 0. The summed E-state index contributed by atoms with van der Waals surface area (Å²) in [5.74, 6) is -0.473. The van der Waals surface area contributed by atoms with Crippen molar-refractivity contribution in [2.75, 3.05) is 18.0 Å². The summed E-state index contributed by atoms with van der Waals surface area (Å²) in [7, 11) is -2.22. The highest BCUT2D eigenvalue weighted by molar-refractivity contribution is 7.92. The third-order valence-electron chi connectivity index (χ3n) is 3.46. The van der Waals surface area contributed by atoms with Crippen molar-refractivity contribution in [1.82, 2.24) is 0 Å². The standard InChI is InChI=1S/C17H19NO4S/c1-4-22-17(19)14-11-10-13(2)16(12-14)18(3)23(20,21)15-8-6-5-7-9-15/h5-12H,4H2,1-3H3. The Labute approximate surface area is 136 Å². The number of ether oxygens (including phenoxy) is 1. The second kappa shape index (κ2) is 6.83. The zero-order valence-corrected chi connectivity index (χ0v) is 14.1. The molecular formula is C17H19NO4S. The molecule has 2 aromatic rings. The van der Waals surface area contributed by atoms with Crippen molar-refractivity contribution in [2.45, 2.75) is 18.7 Å². The predicted octanol–water partition coefficient (Wildman–Crippen LogP) is 3.00. The normalized spacial score (nSPS) is 11.1. The maximum Gasteiger partial charge on any atom is 0.338 e. The largest absolute Gasteiger partial charge is 0.462 e. The van der Waals surface area contributed by atoms with Crippen LogP contribution in [-0.2, 0) is 14.8 Å². The number of anilines is 1. The van der Waals surface area contributed by atoms with Gasteiger partial charge in [0.15, 0.2) is 0 Å². The van der Waals surface area contributed by atoms with Crippen molar-refractivity contribution in [3.63, 3.8) is 0 Å². The van der Waals surface area contributed by atoms with Crippen LogP contribution in [0.3, 0.4) is 0 Å². The second-order valence-corrected chi connectivity index (χ2v) is 6.98. The Hall–Kier alpha value is -2.34. The van der Waals surface area contributed by atoms with Gasteiger partial charge in [-0.1, -0.05) is 24.3 Å². The quantitative estimate of drug-likeness (QED) is 0.789. The minimum Gasteiger partial charge on any atom is -0.462 e. The van der Waals surface area contributed by atoms with E-state index in [1.54, 1.807) is 44.2 Å². The molecule has 122 valence electrons. The molecule has 0 saturated heterocycles. The Morgan fingerprint density at radius 3 is 2.39 bits per heavy atom. The lowest BCUT2D eigenvalue weighted by Gasteiger charge is -2.22. The molecule has 0 unspecified atom stereocenters. The Kier molecular flexibility index (Phi) is 5.05. The van der Waals surface area contributed by atoms with Crippen LogP contribution in [0.4, 0.5) is 5.69 Å². The molecule has 0 aliphatic rings. The van der Waals surface area contributed by atoms with E-state index in [1.165, 1.54) is 29.6 Å². The van der Waals surface area contributed by atoms with E-state index >= 15 is 0 Å². The summed E-state index contributed by atoms with van der Waals surface area (Å²) in [5.41, 5.74) is 1.52. The number of aryl methyl sites for hydroxylation is 1. The van der Waals surface area contributed by atoms with Crippen LogP contribution in [0.5, 0.6) is 0 Å². The molecule has 23 heavy (non-hydrogen) atoms. The first-order valence-electron chi connectivity index (χ1n) is 7.19. The Morgan fingerprint density at radius 2 is 1.78 bits per heavy atom. The van der Waals surface area contributed by atoms with Crippen molar-refractivity contribution in [1.29, 1.82) is 0 Å². The zero-order chi connectivity index (χ0) is 17.0. The Morgan fingerprint density at radius 1 is 1.13 bits per heavy atom. The van der Waals surface area contributed by atoms with Gasteiger partial charge in [0.2, 0.25) is 0 Å². The van der Waals surface area contributed by atoms with Gasteiger partial charge >= 0.3 is 5.97 Å². The fourth-order valence-electron chi connectivity index (χ4n) is 2.17. The van der Waals surface area contributed by atoms with E-state index in [9.17, 15) is 13.2 Å². The summed E-state index contributed by atoms with van der Waals surface area (Å²) in [6.07, 6.45) is 0. The van der Waals surface area contributed by atoms with Crippen LogP contribution < -0.4 is 4.31 Å². The molecule has 0 heterocycles. The lowest BCUT2D eigenvalue weighted by atomic mass is 10.1. The molecule has 5 nitrogen and oxygen atoms in total. The lowest BCUT2D eigenvalue weighted by Crippen LogP contribution is -2.27. The van der Waals surface area contributed by atoms with E-state index in [1.807, 2.05) is 0 Å². The Bertz CT molecular complexity index is 801.